The number of carbonyl (C=O) groups is 2. The molecule has 3 rings (SSSR count). The number of phenols is 1. The van der Waals surface area contributed by atoms with E-state index >= 15 is 0 Å². The van der Waals surface area contributed by atoms with Gasteiger partial charge in [0.2, 0.25) is 5.78 Å². The van der Waals surface area contributed by atoms with Crippen LogP contribution in [0.4, 0.5) is 0 Å². The highest BCUT2D eigenvalue weighted by Crippen LogP contribution is 2.36. The van der Waals surface area contributed by atoms with Gasteiger partial charge < -0.3 is 9.84 Å². The van der Waals surface area contributed by atoms with Crippen LogP contribution in [0, 0.1) is 0 Å². The van der Waals surface area contributed by atoms with Gasteiger partial charge in [-0.3, -0.25) is 9.59 Å². The summed E-state index contributed by atoms with van der Waals surface area (Å²) in [4.78, 5) is 23.0. The molecule has 4 nitrogen and oxygen atoms in total. The SMILES string of the molecule is O=COc1cccc2c1C(=O)c1c(O)cccc1C2. The molecule has 2 aromatic rings. The Hall–Kier alpha value is -2.62. The Balaban J connectivity index is 2.23. The second kappa shape index (κ2) is 4.24. The van der Waals surface area contributed by atoms with E-state index in [1.807, 2.05) is 12.1 Å². The molecule has 1 N–H and O–H groups in total. The Morgan fingerprint density at radius 3 is 2.47 bits per heavy atom. The van der Waals surface area contributed by atoms with E-state index in [0.29, 0.717) is 18.5 Å². The molecule has 0 aliphatic heterocycles. The molecule has 0 saturated heterocycles. The maximum atomic E-state index is 12.5. The van der Waals surface area contributed by atoms with E-state index in [1.54, 1.807) is 18.2 Å². The van der Waals surface area contributed by atoms with Crippen molar-refractivity contribution in [1.29, 1.82) is 0 Å². The van der Waals surface area contributed by atoms with Gasteiger partial charge in [-0.2, -0.15) is 0 Å². The van der Waals surface area contributed by atoms with E-state index in [-0.39, 0.29) is 22.8 Å². The highest BCUT2D eigenvalue weighted by molar-refractivity contribution is 6.15. The molecule has 94 valence electrons. The zero-order chi connectivity index (χ0) is 13.4. The maximum Gasteiger partial charge on any atom is 0.298 e. The second-order valence-corrected chi connectivity index (χ2v) is 4.32. The number of fused-ring (bicyclic) bond motifs is 2. The third kappa shape index (κ3) is 1.69. The van der Waals surface area contributed by atoms with Crippen molar-refractivity contribution in [1.82, 2.24) is 0 Å². The van der Waals surface area contributed by atoms with Crippen LogP contribution in [-0.2, 0) is 11.2 Å². The van der Waals surface area contributed by atoms with Crippen molar-refractivity contribution in [3.63, 3.8) is 0 Å². The standard InChI is InChI=1S/C15H10O4/c16-8-19-12-6-2-4-10-7-9-3-1-5-11(17)13(9)15(18)14(10)12/h1-6,8,17H,7H2. The Kier molecular flexibility index (Phi) is 2.56. The van der Waals surface area contributed by atoms with E-state index < -0.39 is 0 Å². The minimum Gasteiger partial charge on any atom is -0.507 e. The zero-order valence-corrected chi connectivity index (χ0v) is 9.92. The Morgan fingerprint density at radius 2 is 1.74 bits per heavy atom. The number of rotatable bonds is 2. The molecule has 0 atom stereocenters. The third-order valence-electron chi connectivity index (χ3n) is 3.25. The van der Waals surface area contributed by atoms with Gasteiger partial charge in [-0.25, -0.2) is 0 Å². The molecule has 0 aromatic heterocycles. The molecule has 0 bridgehead atoms. The van der Waals surface area contributed by atoms with Crippen LogP contribution in [0.1, 0.15) is 27.0 Å². The maximum absolute atomic E-state index is 12.5. The van der Waals surface area contributed by atoms with Crippen LogP contribution in [0.5, 0.6) is 11.5 Å². The quantitative estimate of drug-likeness (QED) is 0.711. The lowest BCUT2D eigenvalue weighted by Crippen LogP contribution is -2.16. The molecule has 0 saturated carbocycles. The minimum absolute atomic E-state index is 0.0472. The monoisotopic (exact) mass is 254 g/mol. The fourth-order valence-electron chi connectivity index (χ4n) is 2.46. The van der Waals surface area contributed by atoms with Crippen LogP contribution < -0.4 is 4.74 Å². The number of aromatic hydroxyl groups is 1. The fourth-order valence-corrected chi connectivity index (χ4v) is 2.46. The summed E-state index contributed by atoms with van der Waals surface area (Å²) < 4.78 is 4.85. The van der Waals surface area contributed by atoms with Crippen molar-refractivity contribution < 1.29 is 19.4 Å². The molecule has 0 heterocycles. The lowest BCUT2D eigenvalue weighted by molar-refractivity contribution is -0.120. The van der Waals surface area contributed by atoms with Crippen LogP contribution in [0.25, 0.3) is 0 Å². The lowest BCUT2D eigenvalue weighted by Gasteiger charge is -2.20. The van der Waals surface area contributed by atoms with Crippen molar-refractivity contribution >= 4 is 12.3 Å². The van der Waals surface area contributed by atoms with E-state index in [1.165, 1.54) is 6.07 Å². The first-order chi connectivity index (χ1) is 9.22. The molecule has 1 aliphatic rings. The van der Waals surface area contributed by atoms with Crippen molar-refractivity contribution in [2.24, 2.45) is 0 Å². The van der Waals surface area contributed by atoms with E-state index in [9.17, 15) is 14.7 Å². The molecular weight excluding hydrogens is 244 g/mol. The first-order valence-corrected chi connectivity index (χ1v) is 5.80. The molecule has 1 aliphatic carbocycles. The predicted molar refractivity (Wildman–Crippen MR) is 67.5 cm³/mol. The molecule has 4 heteroatoms. The van der Waals surface area contributed by atoms with Crippen LogP contribution in [0.2, 0.25) is 0 Å². The Labute approximate surface area is 109 Å². The van der Waals surface area contributed by atoms with Crippen LogP contribution in [-0.4, -0.2) is 17.4 Å². The molecule has 0 spiro atoms. The first-order valence-electron chi connectivity index (χ1n) is 5.80. The van der Waals surface area contributed by atoms with Gasteiger partial charge in [0.15, 0.2) is 0 Å². The molecular formula is C15H10O4. The second-order valence-electron chi connectivity index (χ2n) is 4.32. The Morgan fingerprint density at radius 1 is 1.05 bits per heavy atom. The van der Waals surface area contributed by atoms with E-state index in [2.05, 4.69) is 0 Å². The number of phenolic OH excluding ortho intramolecular Hbond substituents is 1. The highest BCUT2D eigenvalue weighted by atomic mass is 16.5. The summed E-state index contributed by atoms with van der Waals surface area (Å²) >= 11 is 0. The summed E-state index contributed by atoms with van der Waals surface area (Å²) in [5.74, 6) is -0.132. The number of ketones is 1. The number of hydrogen-bond donors (Lipinski definition) is 1. The normalized spacial score (nSPS) is 12.5. The topological polar surface area (TPSA) is 63.6 Å². The highest BCUT2D eigenvalue weighted by Gasteiger charge is 2.28. The third-order valence-corrected chi connectivity index (χ3v) is 3.25. The van der Waals surface area contributed by atoms with Gasteiger partial charge in [-0.1, -0.05) is 24.3 Å². The van der Waals surface area contributed by atoms with Crippen molar-refractivity contribution in [3.05, 3.63) is 58.7 Å². The lowest BCUT2D eigenvalue weighted by atomic mass is 9.84. The van der Waals surface area contributed by atoms with Gasteiger partial charge in [0, 0.05) is 0 Å². The van der Waals surface area contributed by atoms with Gasteiger partial charge in [0.05, 0.1) is 11.1 Å². The largest absolute Gasteiger partial charge is 0.507 e. The fraction of sp³-hybridized carbons (Fsp3) is 0.0667. The summed E-state index contributed by atoms with van der Waals surface area (Å²) in [6.07, 6.45) is 0.529. The number of carbonyl (C=O) groups excluding carboxylic acids is 2. The summed E-state index contributed by atoms with van der Waals surface area (Å²) in [5.41, 5.74) is 2.21. The average molecular weight is 254 g/mol. The van der Waals surface area contributed by atoms with E-state index in [0.717, 1.165) is 11.1 Å². The molecule has 0 fully saturated rings. The van der Waals surface area contributed by atoms with Gasteiger partial charge >= 0.3 is 0 Å². The smallest absolute Gasteiger partial charge is 0.298 e. The van der Waals surface area contributed by atoms with Crippen molar-refractivity contribution in [2.45, 2.75) is 6.42 Å². The molecule has 19 heavy (non-hydrogen) atoms. The van der Waals surface area contributed by atoms with Crippen LogP contribution in [0.3, 0.4) is 0 Å². The minimum atomic E-state index is -0.313. The summed E-state index contributed by atoms with van der Waals surface area (Å²) in [6.45, 7) is 0.295. The summed E-state index contributed by atoms with van der Waals surface area (Å²) in [6, 6.07) is 10.1. The number of hydrogen-bond acceptors (Lipinski definition) is 4. The Bertz CT molecular complexity index is 689. The van der Waals surface area contributed by atoms with Gasteiger partial charge in [0.25, 0.3) is 6.47 Å². The molecule has 0 amide bonds. The average Bonchev–Trinajstić information content (AvgIpc) is 2.39. The summed E-state index contributed by atoms with van der Waals surface area (Å²) in [5, 5.41) is 9.84. The number of benzene rings is 2. The van der Waals surface area contributed by atoms with Gasteiger partial charge in [-0.15, -0.1) is 0 Å². The number of ether oxygens (including phenoxy) is 1. The van der Waals surface area contributed by atoms with Crippen LogP contribution >= 0.6 is 0 Å². The molecule has 2 aromatic carbocycles. The molecule has 0 radical (unpaired) electrons. The molecule has 0 unspecified atom stereocenters. The predicted octanol–water partition coefficient (Wildman–Crippen LogP) is 2.06. The van der Waals surface area contributed by atoms with Gasteiger partial charge in [-0.05, 0) is 29.7 Å². The first kappa shape index (κ1) is 11.5. The van der Waals surface area contributed by atoms with Crippen molar-refractivity contribution in [2.75, 3.05) is 0 Å². The van der Waals surface area contributed by atoms with Crippen LogP contribution in [0.15, 0.2) is 36.4 Å². The zero-order valence-electron chi connectivity index (χ0n) is 9.92. The summed E-state index contributed by atoms with van der Waals surface area (Å²) in [7, 11) is 0. The van der Waals surface area contributed by atoms with Gasteiger partial charge in [0.1, 0.15) is 11.5 Å². The van der Waals surface area contributed by atoms with Crippen molar-refractivity contribution in [3.8, 4) is 11.5 Å². The van der Waals surface area contributed by atoms with E-state index in [4.69, 9.17) is 4.74 Å².